The molecule has 0 aliphatic heterocycles. The van der Waals surface area contributed by atoms with Crippen molar-refractivity contribution in [1.82, 2.24) is 10.3 Å². The number of nitrogens with one attached hydrogen (secondary N) is 3. The van der Waals surface area contributed by atoms with Crippen LogP contribution in [-0.2, 0) is 6.54 Å². The fourth-order valence-corrected chi connectivity index (χ4v) is 3.07. The second-order valence-electron chi connectivity index (χ2n) is 6.70. The van der Waals surface area contributed by atoms with Gasteiger partial charge in [0.1, 0.15) is 5.82 Å². The molecule has 0 atom stereocenters. The molecule has 2 amide bonds. The molecule has 1 heterocycles. The number of anilines is 2. The number of carbonyl (C=O) groups is 1. The highest BCUT2D eigenvalue weighted by Gasteiger charge is 2.15. The highest BCUT2D eigenvalue weighted by Crippen LogP contribution is 2.17. The predicted molar refractivity (Wildman–Crippen MR) is 102 cm³/mol. The topological polar surface area (TPSA) is 66.0 Å². The van der Waals surface area contributed by atoms with Crippen molar-refractivity contribution in [1.29, 1.82) is 0 Å². The molecule has 1 fully saturated rings. The lowest BCUT2D eigenvalue weighted by molar-refractivity contribution is 0.244. The number of carbonyl (C=O) groups excluding carboxylic acids is 1. The Balaban J connectivity index is 1.46. The van der Waals surface area contributed by atoms with E-state index in [1.807, 2.05) is 12.1 Å². The van der Waals surface area contributed by atoms with Crippen LogP contribution < -0.4 is 16.0 Å². The number of amides is 2. The quantitative estimate of drug-likeness (QED) is 0.754. The molecule has 0 unspecified atom stereocenters. The van der Waals surface area contributed by atoms with Crippen LogP contribution in [0.1, 0.15) is 43.2 Å². The first-order chi connectivity index (χ1) is 12.2. The van der Waals surface area contributed by atoms with Gasteiger partial charge in [-0.2, -0.15) is 0 Å². The van der Waals surface area contributed by atoms with E-state index in [9.17, 15) is 4.79 Å². The molecule has 25 heavy (non-hydrogen) atoms. The van der Waals surface area contributed by atoms with Crippen molar-refractivity contribution in [3.8, 4) is 0 Å². The minimum absolute atomic E-state index is 0.144. The van der Waals surface area contributed by atoms with Crippen LogP contribution >= 0.6 is 0 Å². The zero-order valence-electron chi connectivity index (χ0n) is 14.7. The Hall–Kier alpha value is -2.56. The third kappa shape index (κ3) is 5.48. The number of hydrogen-bond donors (Lipinski definition) is 3. The van der Waals surface area contributed by atoms with Gasteiger partial charge in [0.2, 0.25) is 0 Å². The summed E-state index contributed by atoms with van der Waals surface area (Å²) >= 11 is 0. The van der Waals surface area contributed by atoms with E-state index >= 15 is 0 Å². The SMILES string of the molecule is Cc1ccc(CNc2ccc(NC(=O)NC3CCCCC3)cn2)cc1. The van der Waals surface area contributed by atoms with E-state index in [0.717, 1.165) is 25.2 Å². The predicted octanol–water partition coefficient (Wildman–Crippen LogP) is 4.46. The summed E-state index contributed by atoms with van der Waals surface area (Å²) in [6.07, 6.45) is 7.52. The van der Waals surface area contributed by atoms with Gasteiger partial charge in [-0.3, -0.25) is 0 Å². The molecule has 0 spiro atoms. The first-order valence-corrected chi connectivity index (χ1v) is 9.02. The van der Waals surface area contributed by atoms with Crippen molar-refractivity contribution < 1.29 is 4.79 Å². The monoisotopic (exact) mass is 338 g/mol. The third-order valence-corrected chi connectivity index (χ3v) is 4.56. The van der Waals surface area contributed by atoms with E-state index in [-0.39, 0.29) is 6.03 Å². The van der Waals surface area contributed by atoms with Gasteiger partial charge in [-0.05, 0) is 37.5 Å². The summed E-state index contributed by atoms with van der Waals surface area (Å²) in [6.45, 7) is 2.80. The van der Waals surface area contributed by atoms with E-state index in [1.54, 1.807) is 6.20 Å². The Bertz CT molecular complexity index is 676. The van der Waals surface area contributed by atoms with Gasteiger partial charge in [0.25, 0.3) is 0 Å². The molecule has 1 aliphatic rings. The highest BCUT2D eigenvalue weighted by atomic mass is 16.2. The van der Waals surface area contributed by atoms with Crippen LogP contribution in [0.2, 0.25) is 0 Å². The Morgan fingerprint density at radius 2 is 1.84 bits per heavy atom. The number of nitrogens with zero attached hydrogens (tertiary/aromatic N) is 1. The van der Waals surface area contributed by atoms with E-state index in [2.05, 4.69) is 52.1 Å². The van der Waals surface area contributed by atoms with Crippen molar-refractivity contribution in [2.75, 3.05) is 10.6 Å². The first-order valence-electron chi connectivity index (χ1n) is 9.02. The van der Waals surface area contributed by atoms with Gasteiger partial charge in [0, 0.05) is 12.6 Å². The Morgan fingerprint density at radius 3 is 2.52 bits per heavy atom. The molecule has 5 heteroatoms. The molecule has 1 saturated carbocycles. The summed E-state index contributed by atoms with van der Waals surface area (Å²) < 4.78 is 0. The minimum atomic E-state index is -0.144. The maximum Gasteiger partial charge on any atom is 0.319 e. The van der Waals surface area contributed by atoms with Crippen LogP contribution in [0.3, 0.4) is 0 Å². The van der Waals surface area contributed by atoms with Crippen molar-refractivity contribution in [2.24, 2.45) is 0 Å². The average Bonchev–Trinajstić information content (AvgIpc) is 2.63. The fourth-order valence-electron chi connectivity index (χ4n) is 3.07. The molecular weight excluding hydrogens is 312 g/mol. The molecule has 1 aromatic carbocycles. The number of rotatable bonds is 5. The number of benzene rings is 1. The smallest absolute Gasteiger partial charge is 0.319 e. The number of pyridine rings is 1. The Kier molecular flexibility index (Phi) is 5.88. The van der Waals surface area contributed by atoms with E-state index < -0.39 is 0 Å². The zero-order chi connectivity index (χ0) is 17.5. The number of aryl methyl sites for hydroxylation is 1. The van der Waals surface area contributed by atoms with Gasteiger partial charge in [-0.25, -0.2) is 9.78 Å². The maximum atomic E-state index is 12.0. The van der Waals surface area contributed by atoms with E-state index in [0.29, 0.717) is 11.7 Å². The van der Waals surface area contributed by atoms with Gasteiger partial charge < -0.3 is 16.0 Å². The molecule has 3 N–H and O–H groups in total. The molecule has 0 bridgehead atoms. The van der Waals surface area contributed by atoms with Crippen LogP contribution in [0.15, 0.2) is 42.6 Å². The van der Waals surface area contributed by atoms with Crippen LogP contribution in [-0.4, -0.2) is 17.1 Å². The second kappa shape index (κ2) is 8.51. The van der Waals surface area contributed by atoms with Crippen LogP contribution in [0.25, 0.3) is 0 Å². The molecule has 1 aromatic heterocycles. The molecule has 3 rings (SSSR count). The molecule has 0 radical (unpaired) electrons. The van der Waals surface area contributed by atoms with E-state index in [1.165, 1.54) is 30.4 Å². The maximum absolute atomic E-state index is 12.0. The second-order valence-corrected chi connectivity index (χ2v) is 6.70. The summed E-state index contributed by atoms with van der Waals surface area (Å²) in [5.74, 6) is 0.791. The van der Waals surface area contributed by atoms with Gasteiger partial charge in [0.05, 0.1) is 11.9 Å². The van der Waals surface area contributed by atoms with Crippen LogP contribution in [0, 0.1) is 6.92 Å². The molecule has 1 aliphatic carbocycles. The summed E-state index contributed by atoms with van der Waals surface area (Å²) in [5.41, 5.74) is 3.17. The minimum Gasteiger partial charge on any atom is -0.366 e. The first kappa shape index (κ1) is 17.3. The van der Waals surface area contributed by atoms with Crippen molar-refractivity contribution >= 4 is 17.5 Å². The molecule has 5 nitrogen and oxygen atoms in total. The summed E-state index contributed by atoms with van der Waals surface area (Å²) in [5, 5.41) is 9.18. The number of hydrogen-bond acceptors (Lipinski definition) is 3. The average molecular weight is 338 g/mol. The van der Waals surface area contributed by atoms with Gasteiger partial charge in [-0.15, -0.1) is 0 Å². The lowest BCUT2D eigenvalue weighted by Crippen LogP contribution is -2.39. The van der Waals surface area contributed by atoms with Gasteiger partial charge in [-0.1, -0.05) is 49.1 Å². The molecule has 132 valence electrons. The van der Waals surface area contributed by atoms with Crippen molar-refractivity contribution in [2.45, 2.75) is 51.6 Å². The Labute approximate surface area is 149 Å². The summed E-state index contributed by atoms with van der Waals surface area (Å²) in [6, 6.07) is 12.3. The summed E-state index contributed by atoms with van der Waals surface area (Å²) in [7, 11) is 0. The number of urea groups is 1. The molecule has 2 aromatic rings. The van der Waals surface area contributed by atoms with Crippen molar-refractivity contribution in [3.05, 3.63) is 53.7 Å². The standard InChI is InChI=1S/C20H26N4O/c1-15-7-9-16(10-8-15)13-21-19-12-11-18(14-22-19)24-20(25)23-17-5-3-2-4-6-17/h7-12,14,17H,2-6,13H2,1H3,(H,21,22)(H2,23,24,25). The van der Waals surface area contributed by atoms with Crippen molar-refractivity contribution in [3.63, 3.8) is 0 Å². The Morgan fingerprint density at radius 1 is 1.08 bits per heavy atom. The molecule has 0 saturated heterocycles. The van der Waals surface area contributed by atoms with Crippen LogP contribution in [0.4, 0.5) is 16.3 Å². The lowest BCUT2D eigenvalue weighted by Gasteiger charge is -2.22. The van der Waals surface area contributed by atoms with Gasteiger partial charge >= 0.3 is 6.03 Å². The summed E-state index contributed by atoms with van der Waals surface area (Å²) in [4.78, 5) is 16.4. The number of aromatic nitrogens is 1. The zero-order valence-corrected chi connectivity index (χ0v) is 14.7. The van der Waals surface area contributed by atoms with E-state index in [4.69, 9.17) is 0 Å². The molecular formula is C20H26N4O. The lowest BCUT2D eigenvalue weighted by atomic mass is 9.96. The largest absolute Gasteiger partial charge is 0.366 e. The fraction of sp³-hybridized carbons (Fsp3) is 0.400. The van der Waals surface area contributed by atoms with Gasteiger partial charge in [0.15, 0.2) is 0 Å². The third-order valence-electron chi connectivity index (χ3n) is 4.56. The van der Waals surface area contributed by atoms with Crippen LogP contribution in [0.5, 0.6) is 0 Å². The highest BCUT2D eigenvalue weighted by molar-refractivity contribution is 5.89. The normalized spacial score (nSPS) is 14.8.